The van der Waals surface area contributed by atoms with E-state index in [0.717, 1.165) is 10.0 Å². The lowest BCUT2D eigenvalue weighted by Crippen LogP contribution is -2.15. The van der Waals surface area contributed by atoms with E-state index in [2.05, 4.69) is 36.4 Å². The number of halogens is 1. The molecule has 0 saturated carbocycles. The third-order valence-electron chi connectivity index (χ3n) is 4.05. The maximum absolute atomic E-state index is 12.8. The summed E-state index contributed by atoms with van der Waals surface area (Å²) >= 11 is 3.40. The quantitative estimate of drug-likeness (QED) is 0.517. The molecule has 2 N–H and O–H groups in total. The molecular formula is C18H14BrN5O3. The van der Waals surface area contributed by atoms with Crippen molar-refractivity contribution >= 4 is 33.2 Å². The standard InChI is InChI=1S/C18H14BrN5O3/c1-10-2-3-11(17-22-16(9-25)27-23-17)6-13(10)21-18(26)14-7-20-15-5-4-12(19)8-24(14)15/h2-8,25H,9H2,1H3,(H,21,26). The number of anilines is 1. The van der Waals surface area contributed by atoms with E-state index in [4.69, 9.17) is 9.63 Å². The second-order valence-corrected chi connectivity index (χ2v) is 6.79. The van der Waals surface area contributed by atoms with Crippen molar-refractivity contribution in [1.29, 1.82) is 0 Å². The van der Waals surface area contributed by atoms with Crippen molar-refractivity contribution in [2.24, 2.45) is 0 Å². The molecule has 8 nitrogen and oxygen atoms in total. The number of nitrogens with zero attached hydrogens (tertiary/aromatic N) is 4. The first-order valence-electron chi connectivity index (χ1n) is 8.03. The molecule has 3 aromatic heterocycles. The molecule has 9 heteroatoms. The zero-order chi connectivity index (χ0) is 19.0. The zero-order valence-corrected chi connectivity index (χ0v) is 15.8. The van der Waals surface area contributed by atoms with E-state index >= 15 is 0 Å². The molecule has 4 rings (SSSR count). The Balaban J connectivity index is 1.66. The monoisotopic (exact) mass is 427 g/mol. The number of aliphatic hydroxyl groups excluding tert-OH is 1. The van der Waals surface area contributed by atoms with Crippen molar-refractivity contribution < 1.29 is 14.4 Å². The minimum atomic E-state index is -0.327. The lowest BCUT2D eigenvalue weighted by molar-refractivity contribution is 0.102. The summed E-state index contributed by atoms with van der Waals surface area (Å²) in [5.41, 5.74) is 3.27. The molecule has 0 unspecified atom stereocenters. The number of carbonyl (C=O) groups excluding carboxylic acids is 1. The summed E-state index contributed by atoms with van der Waals surface area (Å²) in [6, 6.07) is 9.12. The number of nitrogens with one attached hydrogen (secondary N) is 1. The first-order chi connectivity index (χ1) is 13.0. The highest BCUT2D eigenvalue weighted by atomic mass is 79.9. The first-order valence-corrected chi connectivity index (χ1v) is 8.83. The number of hydrogen-bond acceptors (Lipinski definition) is 6. The van der Waals surface area contributed by atoms with Crippen molar-refractivity contribution in [3.05, 3.63) is 64.3 Å². The molecule has 0 aliphatic rings. The summed E-state index contributed by atoms with van der Waals surface area (Å²) < 4.78 is 7.48. The van der Waals surface area contributed by atoms with Crippen LogP contribution in [0.25, 0.3) is 17.0 Å². The van der Waals surface area contributed by atoms with Crippen molar-refractivity contribution in [2.45, 2.75) is 13.5 Å². The number of benzene rings is 1. The van der Waals surface area contributed by atoms with Crippen LogP contribution in [0.15, 0.2) is 51.7 Å². The molecule has 0 aliphatic heterocycles. The molecule has 3 heterocycles. The average Bonchev–Trinajstić information content (AvgIpc) is 3.30. The van der Waals surface area contributed by atoms with Crippen LogP contribution in [-0.4, -0.2) is 30.5 Å². The number of pyridine rings is 1. The summed E-state index contributed by atoms with van der Waals surface area (Å²) in [7, 11) is 0. The van der Waals surface area contributed by atoms with Gasteiger partial charge in [0, 0.05) is 21.9 Å². The lowest BCUT2D eigenvalue weighted by Gasteiger charge is -2.09. The Morgan fingerprint density at radius 3 is 2.96 bits per heavy atom. The number of fused-ring (bicyclic) bond motifs is 1. The fourth-order valence-corrected chi connectivity index (χ4v) is 2.98. The van der Waals surface area contributed by atoms with Crippen molar-refractivity contribution in [2.75, 3.05) is 5.32 Å². The van der Waals surface area contributed by atoms with Crippen LogP contribution in [0.2, 0.25) is 0 Å². The van der Waals surface area contributed by atoms with E-state index in [1.807, 2.05) is 31.2 Å². The van der Waals surface area contributed by atoms with Gasteiger partial charge in [0.25, 0.3) is 11.8 Å². The van der Waals surface area contributed by atoms with E-state index in [-0.39, 0.29) is 18.4 Å². The molecule has 0 spiro atoms. The Labute approximate surface area is 162 Å². The van der Waals surface area contributed by atoms with Gasteiger partial charge in [-0.2, -0.15) is 4.98 Å². The molecule has 0 radical (unpaired) electrons. The van der Waals surface area contributed by atoms with E-state index in [9.17, 15) is 4.79 Å². The molecule has 0 saturated heterocycles. The summed E-state index contributed by atoms with van der Waals surface area (Å²) in [5, 5.41) is 15.8. The van der Waals surface area contributed by atoms with Gasteiger partial charge in [-0.15, -0.1) is 0 Å². The Morgan fingerprint density at radius 1 is 1.33 bits per heavy atom. The number of rotatable bonds is 4. The lowest BCUT2D eigenvalue weighted by atomic mass is 10.1. The van der Waals surface area contributed by atoms with Crippen LogP contribution in [0.5, 0.6) is 0 Å². The van der Waals surface area contributed by atoms with Gasteiger partial charge >= 0.3 is 0 Å². The second kappa shape index (κ2) is 6.93. The van der Waals surface area contributed by atoms with Crippen molar-refractivity contribution in [3.8, 4) is 11.4 Å². The van der Waals surface area contributed by atoms with Gasteiger partial charge in [-0.25, -0.2) is 4.98 Å². The van der Waals surface area contributed by atoms with Crippen LogP contribution in [0.3, 0.4) is 0 Å². The highest BCUT2D eigenvalue weighted by Gasteiger charge is 2.15. The normalized spacial score (nSPS) is 11.1. The predicted molar refractivity (Wildman–Crippen MR) is 101 cm³/mol. The van der Waals surface area contributed by atoms with Gasteiger partial charge in [0.2, 0.25) is 5.82 Å². The molecule has 1 amide bonds. The van der Waals surface area contributed by atoms with Gasteiger partial charge in [0.1, 0.15) is 17.9 Å². The SMILES string of the molecule is Cc1ccc(-c2noc(CO)n2)cc1NC(=O)c1cnc2ccc(Br)cn12. The summed E-state index contributed by atoms with van der Waals surface area (Å²) in [6.45, 7) is 1.56. The third kappa shape index (κ3) is 3.34. The van der Waals surface area contributed by atoms with Gasteiger partial charge in [-0.05, 0) is 46.6 Å². The van der Waals surface area contributed by atoms with Crippen LogP contribution in [-0.2, 0) is 6.61 Å². The second-order valence-electron chi connectivity index (χ2n) is 5.87. The molecule has 1 aromatic carbocycles. The van der Waals surface area contributed by atoms with Crippen LogP contribution in [0.4, 0.5) is 5.69 Å². The van der Waals surface area contributed by atoms with Gasteiger partial charge in [-0.1, -0.05) is 17.3 Å². The molecule has 0 aliphatic carbocycles. The highest BCUT2D eigenvalue weighted by Crippen LogP contribution is 2.24. The largest absolute Gasteiger partial charge is 0.387 e. The number of aliphatic hydroxyl groups is 1. The van der Waals surface area contributed by atoms with Crippen molar-refractivity contribution in [1.82, 2.24) is 19.5 Å². The molecule has 0 fully saturated rings. The van der Waals surface area contributed by atoms with Gasteiger partial charge < -0.3 is 14.9 Å². The average molecular weight is 428 g/mol. The maximum atomic E-state index is 12.8. The fraction of sp³-hybridized carbons (Fsp3) is 0.111. The van der Waals surface area contributed by atoms with Crippen LogP contribution in [0.1, 0.15) is 21.9 Å². The van der Waals surface area contributed by atoms with Gasteiger partial charge in [0.05, 0.1) is 6.20 Å². The van der Waals surface area contributed by atoms with Crippen LogP contribution < -0.4 is 5.32 Å². The molecule has 136 valence electrons. The van der Waals surface area contributed by atoms with E-state index in [1.165, 1.54) is 6.20 Å². The highest BCUT2D eigenvalue weighted by molar-refractivity contribution is 9.10. The predicted octanol–water partition coefficient (Wildman–Crippen LogP) is 3.20. The maximum Gasteiger partial charge on any atom is 0.274 e. The Bertz CT molecular complexity index is 1150. The molecule has 0 bridgehead atoms. The number of hydrogen-bond donors (Lipinski definition) is 2. The molecule has 4 aromatic rings. The van der Waals surface area contributed by atoms with Crippen LogP contribution >= 0.6 is 15.9 Å². The first kappa shape index (κ1) is 17.4. The number of aryl methyl sites for hydroxylation is 1. The Hall–Kier alpha value is -3.04. The van der Waals surface area contributed by atoms with E-state index < -0.39 is 0 Å². The minimum Gasteiger partial charge on any atom is -0.387 e. The Morgan fingerprint density at radius 2 is 2.19 bits per heavy atom. The van der Waals surface area contributed by atoms with Crippen molar-refractivity contribution in [3.63, 3.8) is 0 Å². The number of imidazole rings is 1. The topological polar surface area (TPSA) is 106 Å². The molecular weight excluding hydrogens is 414 g/mol. The number of aromatic nitrogens is 4. The Kier molecular flexibility index (Phi) is 4.46. The summed E-state index contributed by atoms with van der Waals surface area (Å²) in [6.07, 6.45) is 3.32. The van der Waals surface area contributed by atoms with Gasteiger partial charge in [0.15, 0.2) is 0 Å². The smallest absolute Gasteiger partial charge is 0.274 e. The summed E-state index contributed by atoms with van der Waals surface area (Å²) in [4.78, 5) is 21.1. The third-order valence-corrected chi connectivity index (χ3v) is 4.52. The fourth-order valence-electron chi connectivity index (χ4n) is 2.64. The summed E-state index contributed by atoms with van der Waals surface area (Å²) in [5.74, 6) is 0.186. The van der Waals surface area contributed by atoms with E-state index in [0.29, 0.717) is 28.4 Å². The molecule has 0 atom stereocenters. The zero-order valence-electron chi connectivity index (χ0n) is 14.2. The minimum absolute atomic E-state index is 0.132. The van der Waals surface area contributed by atoms with E-state index in [1.54, 1.807) is 16.7 Å². The number of carbonyl (C=O) groups is 1. The molecule has 27 heavy (non-hydrogen) atoms. The van der Waals surface area contributed by atoms with Gasteiger partial charge in [-0.3, -0.25) is 9.20 Å². The van der Waals surface area contributed by atoms with Crippen LogP contribution in [0, 0.1) is 6.92 Å². The number of amides is 1.